The Labute approximate surface area is 161 Å². The Morgan fingerprint density at radius 2 is 2.04 bits per heavy atom. The number of aromatic nitrogens is 3. The van der Waals surface area contributed by atoms with Crippen molar-refractivity contribution in [1.82, 2.24) is 15.0 Å². The topological polar surface area (TPSA) is 83.3 Å². The highest BCUT2D eigenvalue weighted by atomic mass is 79.9. The number of nitrogens with one attached hydrogen (secondary N) is 1. The minimum Gasteiger partial charge on any atom is -0.506 e. The molecule has 0 aliphatic rings. The first-order valence-corrected chi connectivity index (χ1v) is 8.84. The number of pyridine rings is 1. The molecule has 3 aromatic rings. The molecule has 0 aliphatic heterocycles. The number of rotatable bonds is 4. The zero-order valence-electron chi connectivity index (χ0n) is 13.1. The number of aryl methyl sites for hydroxylation is 1. The van der Waals surface area contributed by atoms with E-state index in [1.807, 2.05) is 19.1 Å². The van der Waals surface area contributed by atoms with Crippen LogP contribution in [0.15, 0.2) is 56.8 Å². The highest BCUT2D eigenvalue weighted by Crippen LogP contribution is 2.37. The number of halogens is 2. The molecule has 0 atom stereocenters. The second kappa shape index (κ2) is 7.71. The van der Waals surface area contributed by atoms with Crippen molar-refractivity contribution in [3.05, 3.63) is 62.9 Å². The van der Waals surface area contributed by atoms with E-state index in [9.17, 15) is 5.11 Å². The third-order valence-corrected chi connectivity index (χ3v) is 4.26. The molecule has 0 bridgehead atoms. The van der Waals surface area contributed by atoms with Gasteiger partial charge in [-0.25, -0.2) is 9.97 Å². The maximum atomic E-state index is 10.3. The van der Waals surface area contributed by atoms with E-state index in [4.69, 9.17) is 0 Å². The maximum Gasteiger partial charge on any atom is 0.165 e. The average Bonchev–Trinajstić information content (AvgIpc) is 2.58. The zero-order valence-corrected chi connectivity index (χ0v) is 16.3. The summed E-state index contributed by atoms with van der Waals surface area (Å²) in [5.74, 6) is 1.01. The van der Waals surface area contributed by atoms with Crippen molar-refractivity contribution >= 4 is 43.9 Å². The summed E-state index contributed by atoms with van der Waals surface area (Å²) in [4.78, 5) is 12.8. The molecular formula is C17H13Br2N5O. The lowest BCUT2D eigenvalue weighted by Crippen LogP contribution is -1.99. The third kappa shape index (κ3) is 4.40. The smallest absolute Gasteiger partial charge is 0.165 e. The summed E-state index contributed by atoms with van der Waals surface area (Å²) in [6, 6.07) is 9.02. The van der Waals surface area contributed by atoms with Crippen LogP contribution in [0.2, 0.25) is 0 Å². The molecule has 3 rings (SSSR count). The van der Waals surface area contributed by atoms with Crippen molar-refractivity contribution in [2.24, 2.45) is 5.10 Å². The van der Waals surface area contributed by atoms with Gasteiger partial charge < -0.3 is 5.11 Å². The van der Waals surface area contributed by atoms with Gasteiger partial charge in [0.25, 0.3) is 0 Å². The van der Waals surface area contributed by atoms with Crippen LogP contribution >= 0.6 is 31.9 Å². The molecule has 0 aliphatic carbocycles. The number of hydrogen-bond donors (Lipinski definition) is 2. The van der Waals surface area contributed by atoms with Crippen molar-refractivity contribution in [2.75, 3.05) is 5.43 Å². The van der Waals surface area contributed by atoms with E-state index in [-0.39, 0.29) is 5.75 Å². The maximum absolute atomic E-state index is 10.3. The molecule has 1 aromatic carbocycles. The summed E-state index contributed by atoms with van der Waals surface area (Å²) in [6.45, 7) is 1.85. The fraction of sp³-hybridized carbons (Fsp3) is 0.0588. The summed E-state index contributed by atoms with van der Waals surface area (Å²) in [5.41, 5.74) is 5.02. The van der Waals surface area contributed by atoms with Crippen LogP contribution in [-0.2, 0) is 0 Å². The predicted octanol–water partition coefficient (Wildman–Crippen LogP) is 4.52. The number of anilines is 1. The van der Waals surface area contributed by atoms with Gasteiger partial charge in [-0.2, -0.15) is 5.10 Å². The lowest BCUT2D eigenvalue weighted by molar-refractivity contribution is 0.473. The number of phenols is 1. The summed E-state index contributed by atoms with van der Waals surface area (Å²) in [7, 11) is 0. The van der Waals surface area contributed by atoms with Crippen LogP contribution in [0, 0.1) is 6.92 Å². The molecule has 0 unspecified atom stereocenters. The van der Waals surface area contributed by atoms with Crippen molar-refractivity contribution < 1.29 is 5.11 Å². The largest absolute Gasteiger partial charge is 0.506 e. The van der Waals surface area contributed by atoms with Gasteiger partial charge in [-0.05, 0) is 41.1 Å². The van der Waals surface area contributed by atoms with E-state index in [0.717, 1.165) is 15.7 Å². The molecule has 0 saturated heterocycles. The van der Waals surface area contributed by atoms with Gasteiger partial charge in [0.15, 0.2) is 11.6 Å². The Hall–Kier alpha value is -2.32. The molecule has 126 valence electrons. The summed E-state index contributed by atoms with van der Waals surface area (Å²) >= 11 is 6.73. The molecule has 2 heterocycles. The van der Waals surface area contributed by atoms with E-state index >= 15 is 0 Å². The van der Waals surface area contributed by atoms with Crippen molar-refractivity contribution in [3.8, 4) is 17.1 Å². The fourth-order valence-corrected chi connectivity index (χ4v) is 3.33. The summed E-state index contributed by atoms with van der Waals surface area (Å²) < 4.78 is 1.37. The Bertz CT molecular complexity index is 932. The molecule has 0 saturated carbocycles. The quantitative estimate of drug-likeness (QED) is 0.439. The lowest BCUT2D eigenvalue weighted by Gasteiger charge is -2.09. The zero-order chi connectivity index (χ0) is 17.8. The van der Waals surface area contributed by atoms with Gasteiger partial charge in [0.05, 0.1) is 16.3 Å². The normalized spacial score (nSPS) is 11.0. The lowest BCUT2D eigenvalue weighted by atomic mass is 10.2. The number of hydrazone groups is 1. The third-order valence-electron chi connectivity index (χ3n) is 3.20. The van der Waals surface area contributed by atoms with Crippen LogP contribution < -0.4 is 5.43 Å². The first kappa shape index (κ1) is 17.5. The van der Waals surface area contributed by atoms with Gasteiger partial charge in [-0.3, -0.25) is 10.4 Å². The van der Waals surface area contributed by atoms with Crippen LogP contribution in [0.5, 0.6) is 5.75 Å². The number of hydrogen-bond acceptors (Lipinski definition) is 6. The Kier molecular flexibility index (Phi) is 5.40. The first-order valence-electron chi connectivity index (χ1n) is 7.26. The standard InChI is InChI=1S/C17H13Br2N5O/c1-10-5-15(24-21-9-11-3-2-4-20-8-11)23-17(22-10)13-6-12(18)7-14(19)16(13)25/h2-9,25H,1H3,(H,22,23,24)/b21-9+. The molecule has 2 N–H and O–H groups in total. The number of phenolic OH excluding ortho intramolecular Hbond substituents is 1. The summed E-state index contributed by atoms with van der Waals surface area (Å²) in [6.07, 6.45) is 5.06. The molecule has 2 aromatic heterocycles. The van der Waals surface area contributed by atoms with E-state index in [0.29, 0.717) is 21.7 Å². The second-order valence-corrected chi connectivity index (χ2v) is 6.93. The van der Waals surface area contributed by atoms with Crippen molar-refractivity contribution in [3.63, 3.8) is 0 Å². The molecule has 25 heavy (non-hydrogen) atoms. The van der Waals surface area contributed by atoms with Gasteiger partial charge in [0.2, 0.25) is 0 Å². The molecular weight excluding hydrogens is 450 g/mol. The molecule has 0 amide bonds. The van der Waals surface area contributed by atoms with E-state index in [2.05, 4.69) is 57.3 Å². The highest BCUT2D eigenvalue weighted by Gasteiger charge is 2.13. The molecule has 8 heteroatoms. The first-order chi connectivity index (χ1) is 12.0. The SMILES string of the molecule is Cc1cc(N/N=C/c2cccnc2)nc(-c2cc(Br)cc(Br)c2O)n1. The van der Waals surface area contributed by atoms with Gasteiger partial charge >= 0.3 is 0 Å². The molecule has 0 spiro atoms. The Morgan fingerprint density at radius 1 is 1.20 bits per heavy atom. The summed E-state index contributed by atoms with van der Waals surface area (Å²) in [5, 5.41) is 14.4. The average molecular weight is 463 g/mol. The minimum absolute atomic E-state index is 0.0820. The predicted molar refractivity (Wildman–Crippen MR) is 105 cm³/mol. The van der Waals surface area contributed by atoms with E-state index < -0.39 is 0 Å². The number of nitrogens with zero attached hydrogens (tertiary/aromatic N) is 4. The van der Waals surface area contributed by atoms with Crippen LogP contribution in [0.1, 0.15) is 11.3 Å². The fourth-order valence-electron chi connectivity index (χ4n) is 2.11. The van der Waals surface area contributed by atoms with Crippen molar-refractivity contribution in [1.29, 1.82) is 0 Å². The van der Waals surface area contributed by atoms with E-state index in [1.54, 1.807) is 36.8 Å². The van der Waals surface area contributed by atoms with Gasteiger partial charge in [-0.15, -0.1) is 0 Å². The van der Waals surface area contributed by atoms with Gasteiger partial charge in [-0.1, -0.05) is 22.0 Å². The van der Waals surface area contributed by atoms with Crippen LogP contribution in [0.4, 0.5) is 5.82 Å². The molecule has 6 nitrogen and oxygen atoms in total. The number of benzene rings is 1. The second-order valence-electron chi connectivity index (χ2n) is 5.16. The van der Waals surface area contributed by atoms with Crippen LogP contribution in [-0.4, -0.2) is 26.3 Å². The highest BCUT2D eigenvalue weighted by molar-refractivity contribution is 9.11. The van der Waals surface area contributed by atoms with Crippen LogP contribution in [0.3, 0.4) is 0 Å². The van der Waals surface area contributed by atoms with Crippen LogP contribution in [0.25, 0.3) is 11.4 Å². The van der Waals surface area contributed by atoms with Gasteiger partial charge in [0, 0.05) is 34.2 Å². The Balaban J connectivity index is 1.90. The number of aromatic hydroxyl groups is 1. The Morgan fingerprint density at radius 3 is 2.80 bits per heavy atom. The van der Waals surface area contributed by atoms with Crippen molar-refractivity contribution in [2.45, 2.75) is 6.92 Å². The monoisotopic (exact) mass is 461 g/mol. The van der Waals surface area contributed by atoms with E-state index in [1.165, 1.54) is 0 Å². The van der Waals surface area contributed by atoms with Gasteiger partial charge in [0.1, 0.15) is 5.75 Å². The molecule has 0 radical (unpaired) electrons. The minimum atomic E-state index is 0.0820. The molecule has 0 fully saturated rings.